The minimum atomic E-state index is -0.590. The first kappa shape index (κ1) is 18.5. The van der Waals surface area contributed by atoms with Crippen LogP contribution in [0.2, 0.25) is 0 Å². The Labute approximate surface area is 165 Å². The average molecular weight is 378 g/mol. The quantitative estimate of drug-likeness (QED) is 0.852. The van der Waals surface area contributed by atoms with Crippen LogP contribution in [0.3, 0.4) is 0 Å². The average Bonchev–Trinajstić information content (AvgIpc) is 3.14. The summed E-state index contributed by atoms with van der Waals surface area (Å²) in [4.78, 5) is 26.2. The fraction of sp³-hybridized carbons (Fsp3) is 0.391. The van der Waals surface area contributed by atoms with Crippen molar-refractivity contribution in [2.75, 3.05) is 16.8 Å². The van der Waals surface area contributed by atoms with Gasteiger partial charge in [0.15, 0.2) is 6.10 Å². The molecular weight excluding hydrogens is 352 g/mol. The summed E-state index contributed by atoms with van der Waals surface area (Å²) in [6.07, 6.45) is 5.39. The van der Waals surface area contributed by atoms with Crippen molar-refractivity contribution in [2.24, 2.45) is 0 Å². The monoisotopic (exact) mass is 378 g/mol. The van der Waals surface area contributed by atoms with Crippen molar-refractivity contribution in [3.8, 4) is 5.75 Å². The Balaban J connectivity index is 1.39. The number of hydrogen-bond acceptors (Lipinski definition) is 3. The number of anilines is 2. The third-order valence-corrected chi connectivity index (χ3v) is 5.55. The van der Waals surface area contributed by atoms with Crippen molar-refractivity contribution in [1.29, 1.82) is 0 Å². The number of carbonyl (C=O) groups excluding carboxylic acids is 2. The van der Waals surface area contributed by atoms with Gasteiger partial charge in [0, 0.05) is 24.3 Å². The molecule has 5 heteroatoms. The topological polar surface area (TPSA) is 58.6 Å². The molecule has 1 saturated heterocycles. The van der Waals surface area contributed by atoms with Gasteiger partial charge >= 0.3 is 0 Å². The molecule has 0 radical (unpaired) electrons. The van der Waals surface area contributed by atoms with Crippen molar-refractivity contribution >= 4 is 23.2 Å². The molecule has 2 aliphatic rings. The Morgan fingerprint density at radius 1 is 1.04 bits per heavy atom. The lowest BCUT2D eigenvalue weighted by Gasteiger charge is -2.22. The van der Waals surface area contributed by atoms with Crippen molar-refractivity contribution in [2.45, 2.75) is 51.6 Å². The summed E-state index contributed by atoms with van der Waals surface area (Å²) in [7, 11) is 0. The van der Waals surface area contributed by atoms with E-state index in [2.05, 4.69) is 11.4 Å². The van der Waals surface area contributed by atoms with Gasteiger partial charge in [-0.2, -0.15) is 0 Å². The molecule has 1 heterocycles. The lowest BCUT2D eigenvalue weighted by atomic mass is 9.91. The second-order valence-electron chi connectivity index (χ2n) is 7.55. The zero-order valence-corrected chi connectivity index (χ0v) is 16.2. The fourth-order valence-electron chi connectivity index (χ4n) is 3.99. The molecule has 1 N–H and O–H groups in total. The summed E-state index contributed by atoms with van der Waals surface area (Å²) in [5, 5.41) is 2.90. The van der Waals surface area contributed by atoms with E-state index in [0.29, 0.717) is 12.1 Å². The van der Waals surface area contributed by atoms with Gasteiger partial charge in [0.05, 0.1) is 0 Å². The Morgan fingerprint density at radius 3 is 2.57 bits per heavy atom. The molecule has 0 unspecified atom stereocenters. The second-order valence-corrected chi connectivity index (χ2v) is 7.55. The van der Waals surface area contributed by atoms with E-state index in [-0.39, 0.29) is 11.8 Å². The minimum Gasteiger partial charge on any atom is -0.481 e. The number of benzene rings is 2. The summed E-state index contributed by atoms with van der Waals surface area (Å²) in [5.74, 6) is 0.797. The fourth-order valence-corrected chi connectivity index (χ4v) is 3.99. The minimum absolute atomic E-state index is 0.157. The molecule has 2 aromatic carbocycles. The van der Waals surface area contributed by atoms with E-state index in [9.17, 15) is 9.59 Å². The van der Waals surface area contributed by atoms with E-state index in [0.717, 1.165) is 37.2 Å². The molecule has 1 fully saturated rings. The first-order valence-electron chi connectivity index (χ1n) is 10.1. The lowest BCUT2D eigenvalue weighted by Crippen LogP contribution is -2.30. The van der Waals surface area contributed by atoms with Crippen molar-refractivity contribution < 1.29 is 14.3 Å². The number of carbonyl (C=O) groups is 2. The standard InChI is InChI=1S/C23H26N2O3/c1-16(28-21-9-4-7-17-6-2-3-8-20(17)21)23(27)24-18-11-13-19(14-12-18)25-15-5-10-22(25)26/h4,7,9,11-14,16H,2-3,5-6,8,10,15H2,1H3,(H,24,27)/t16-/m1/s1. The highest BCUT2D eigenvalue weighted by molar-refractivity contribution is 5.96. The summed E-state index contributed by atoms with van der Waals surface area (Å²) in [6.45, 7) is 2.53. The van der Waals surface area contributed by atoms with Gasteiger partial charge in [0.2, 0.25) is 5.91 Å². The molecule has 0 spiro atoms. The van der Waals surface area contributed by atoms with Crippen LogP contribution in [-0.4, -0.2) is 24.5 Å². The summed E-state index contributed by atoms with van der Waals surface area (Å²) in [6, 6.07) is 13.5. The maximum absolute atomic E-state index is 12.6. The maximum atomic E-state index is 12.6. The van der Waals surface area contributed by atoms with E-state index >= 15 is 0 Å². The normalized spacial score (nSPS) is 17.2. The van der Waals surface area contributed by atoms with Crippen LogP contribution in [0.25, 0.3) is 0 Å². The van der Waals surface area contributed by atoms with Gasteiger partial charge in [-0.05, 0) is 80.5 Å². The highest BCUT2D eigenvalue weighted by atomic mass is 16.5. The number of hydrogen-bond donors (Lipinski definition) is 1. The van der Waals surface area contributed by atoms with E-state index < -0.39 is 6.10 Å². The summed E-state index contributed by atoms with van der Waals surface area (Å²) < 4.78 is 6.00. The zero-order chi connectivity index (χ0) is 19.5. The van der Waals surface area contributed by atoms with Crippen molar-refractivity contribution in [1.82, 2.24) is 0 Å². The zero-order valence-electron chi connectivity index (χ0n) is 16.2. The third kappa shape index (κ3) is 3.88. The van der Waals surface area contributed by atoms with Crippen molar-refractivity contribution in [3.05, 3.63) is 53.6 Å². The third-order valence-electron chi connectivity index (χ3n) is 5.55. The maximum Gasteiger partial charge on any atom is 0.265 e. The van der Waals surface area contributed by atoms with Crippen LogP contribution >= 0.6 is 0 Å². The number of fused-ring (bicyclic) bond motifs is 1. The molecule has 2 aromatic rings. The molecule has 4 rings (SSSR count). The lowest BCUT2D eigenvalue weighted by molar-refractivity contribution is -0.122. The number of ether oxygens (including phenoxy) is 1. The predicted molar refractivity (Wildman–Crippen MR) is 110 cm³/mol. The van der Waals surface area contributed by atoms with Crippen LogP contribution in [0.15, 0.2) is 42.5 Å². The van der Waals surface area contributed by atoms with Gasteiger partial charge in [-0.25, -0.2) is 0 Å². The van der Waals surface area contributed by atoms with Gasteiger partial charge in [0.25, 0.3) is 5.91 Å². The molecule has 0 bridgehead atoms. The predicted octanol–water partition coefficient (Wildman–Crippen LogP) is 4.10. The molecule has 146 valence electrons. The van der Waals surface area contributed by atoms with E-state index in [1.807, 2.05) is 36.4 Å². The van der Waals surface area contributed by atoms with E-state index in [1.54, 1.807) is 11.8 Å². The highest BCUT2D eigenvalue weighted by Crippen LogP contribution is 2.30. The number of nitrogens with one attached hydrogen (secondary N) is 1. The molecule has 0 saturated carbocycles. The molecule has 2 amide bonds. The molecule has 1 atom stereocenters. The Kier molecular flexibility index (Phi) is 5.33. The van der Waals surface area contributed by atoms with Crippen molar-refractivity contribution in [3.63, 3.8) is 0 Å². The summed E-state index contributed by atoms with van der Waals surface area (Å²) >= 11 is 0. The molecule has 1 aliphatic heterocycles. The largest absolute Gasteiger partial charge is 0.481 e. The van der Waals surface area contributed by atoms with Crippen LogP contribution in [0, 0.1) is 0 Å². The van der Waals surface area contributed by atoms with Crippen LogP contribution < -0.4 is 15.0 Å². The molecule has 1 aliphatic carbocycles. The van der Waals surface area contributed by atoms with E-state index in [4.69, 9.17) is 4.74 Å². The van der Waals surface area contributed by atoms with Gasteiger partial charge in [-0.3, -0.25) is 9.59 Å². The van der Waals surface area contributed by atoms with E-state index in [1.165, 1.54) is 24.0 Å². The van der Waals surface area contributed by atoms with Crippen LogP contribution in [-0.2, 0) is 22.4 Å². The molecule has 28 heavy (non-hydrogen) atoms. The number of rotatable bonds is 5. The molecule has 5 nitrogen and oxygen atoms in total. The Bertz CT molecular complexity index is 876. The van der Waals surface area contributed by atoms with Gasteiger partial charge < -0.3 is 15.0 Å². The smallest absolute Gasteiger partial charge is 0.265 e. The van der Waals surface area contributed by atoms with Crippen LogP contribution in [0.5, 0.6) is 5.75 Å². The number of amides is 2. The summed E-state index contributed by atoms with van der Waals surface area (Å²) in [5.41, 5.74) is 4.16. The van der Waals surface area contributed by atoms with Gasteiger partial charge in [0.1, 0.15) is 5.75 Å². The van der Waals surface area contributed by atoms with Crippen LogP contribution in [0.4, 0.5) is 11.4 Å². The molecular formula is C23H26N2O3. The second kappa shape index (κ2) is 8.05. The highest BCUT2D eigenvalue weighted by Gasteiger charge is 2.22. The number of aryl methyl sites for hydroxylation is 1. The van der Waals surface area contributed by atoms with Crippen LogP contribution in [0.1, 0.15) is 43.7 Å². The van der Waals surface area contributed by atoms with Gasteiger partial charge in [-0.15, -0.1) is 0 Å². The molecule has 0 aromatic heterocycles. The SMILES string of the molecule is C[C@@H](Oc1cccc2c1CCCC2)C(=O)Nc1ccc(N2CCCC2=O)cc1. The number of nitrogens with zero attached hydrogens (tertiary/aromatic N) is 1. The van der Waals surface area contributed by atoms with Gasteiger partial charge in [-0.1, -0.05) is 12.1 Å². The first-order chi connectivity index (χ1) is 13.6. The Morgan fingerprint density at radius 2 is 1.82 bits per heavy atom. The Hall–Kier alpha value is -2.82. The first-order valence-corrected chi connectivity index (χ1v) is 10.1.